The van der Waals surface area contributed by atoms with E-state index in [-0.39, 0.29) is 0 Å². The minimum atomic E-state index is 0.382. The van der Waals surface area contributed by atoms with Crippen molar-refractivity contribution in [2.75, 3.05) is 18.0 Å². The van der Waals surface area contributed by atoms with Crippen LogP contribution in [0.1, 0.15) is 25.5 Å². The van der Waals surface area contributed by atoms with Crippen LogP contribution in [0.25, 0.3) is 22.2 Å². The van der Waals surface area contributed by atoms with Crippen LogP contribution < -0.4 is 4.90 Å². The average Bonchev–Trinajstić information content (AvgIpc) is 3.05. The van der Waals surface area contributed by atoms with E-state index < -0.39 is 0 Å². The number of hydrogen-bond donors (Lipinski definition) is 0. The minimum Gasteiger partial charge on any atom is -0.419 e. The summed E-state index contributed by atoms with van der Waals surface area (Å²) < 4.78 is 6.08. The maximum Gasteiger partial charge on any atom is 0.235 e. The first-order valence-electron chi connectivity index (χ1n) is 8.40. The summed E-state index contributed by atoms with van der Waals surface area (Å²) in [6.07, 6.45) is 2.35. The molecule has 2 heterocycles. The largest absolute Gasteiger partial charge is 0.419 e. The summed E-state index contributed by atoms with van der Waals surface area (Å²) in [5, 5.41) is 11.7. The van der Waals surface area contributed by atoms with Crippen LogP contribution in [0.4, 0.5) is 5.88 Å². The molecule has 4 heteroatoms. The molecule has 120 valence electrons. The van der Waals surface area contributed by atoms with E-state index in [1.807, 2.05) is 24.3 Å². The Morgan fingerprint density at radius 1 is 1.21 bits per heavy atom. The van der Waals surface area contributed by atoms with Crippen LogP contribution in [0.5, 0.6) is 0 Å². The molecule has 0 spiro atoms. The van der Waals surface area contributed by atoms with Gasteiger partial charge >= 0.3 is 0 Å². The third kappa shape index (κ3) is 2.52. The molecule has 0 N–H and O–H groups in total. The Hall–Kier alpha value is -2.80. The standard InChI is InChI=1S/C20H19N3O/c1-14-6-5-11-23(13-14)20-18(12-21)22-19(24-20)17-10-4-8-15-7-2-3-9-16(15)17/h2-4,7-10,14H,5-6,11,13H2,1H3/t14-/m0/s1. The van der Waals surface area contributed by atoms with E-state index in [2.05, 4.69) is 41.1 Å². The molecular formula is C20H19N3O. The van der Waals surface area contributed by atoms with Gasteiger partial charge in [-0.15, -0.1) is 0 Å². The first-order chi connectivity index (χ1) is 11.8. The lowest BCUT2D eigenvalue weighted by molar-refractivity contribution is 0.422. The average molecular weight is 317 g/mol. The number of benzene rings is 2. The van der Waals surface area contributed by atoms with Gasteiger partial charge in [0.2, 0.25) is 17.5 Å². The molecule has 4 rings (SSSR count). The van der Waals surface area contributed by atoms with Crippen molar-refractivity contribution in [2.24, 2.45) is 5.92 Å². The van der Waals surface area contributed by atoms with Gasteiger partial charge < -0.3 is 9.32 Å². The summed E-state index contributed by atoms with van der Waals surface area (Å²) >= 11 is 0. The Kier molecular flexibility index (Phi) is 3.70. The van der Waals surface area contributed by atoms with Gasteiger partial charge in [0.15, 0.2) is 0 Å². The Morgan fingerprint density at radius 3 is 2.88 bits per heavy atom. The molecule has 2 aromatic carbocycles. The lowest BCUT2D eigenvalue weighted by atomic mass is 10.0. The van der Waals surface area contributed by atoms with E-state index in [9.17, 15) is 5.26 Å². The molecule has 4 nitrogen and oxygen atoms in total. The molecule has 1 aliphatic rings. The van der Waals surface area contributed by atoms with E-state index in [0.29, 0.717) is 23.4 Å². The third-order valence-corrected chi connectivity index (χ3v) is 4.68. The van der Waals surface area contributed by atoms with Crippen LogP contribution in [-0.2, 0) is 0 Å². The number of hydrogen-bond acceptors (Lipinski definition) is 4. The monoisotopic (exact) mass is 317 g/mol. The second-order valence-electron chi connectivity index (χ2n) is 6.50. The van der Waals surface area contributed by atoms with Crippen molar-refractivity contribution in [3.63, 3.8) is 0 Å². The summed E-state index contributed by atoms with van der Waals surface area (Å²) in [7, 11) is 0. The summed E-state index contributed by atoms with van der Waals surface area (Å²) in [5.41, 5.74) is 1.31. The first kappa shape index (κ1) is 14.8. The van der Waals surface area contributed by atoms with E-state index in [0.717, 1.165) is 35.8 Å². The molecule has 0 radical (unpaired) electrons. The van der Waals surface area contributed by atoms with Crippen molar-refractivity contribution in [3.8, 4) is 17.5 Å². The van der Waals surface area contributed by atoms with E-state index in [1.54, 1.807) is 0 Å². The number of fused-ring (bicyclic) bond motifs is 1. The summed E-state index contributed by atoms with van der Waals surface area (Å²) in [4.78, 5) is 6.64. The smallest absolute Gasteiger partial charge is 0.235 e. The SMILES string of the molecule is C[C@H]1CCCN(c2oc(-c3cccc4ccccc34)nc2C#N)C1. The van der Waals surface area contributed by atoms with Gasteiger partial charge in [-0.1, -0.05) is 43.3 Å². The normalized spacial score (nSPS) is 17.8. The van der Waals surface area contributed by atoms with Crippen LogP contribution in [0.3, 0.4) is 0 Å². The number of aromatic nitrogens is 1. The highest BCUT2D eigenvalue weighted by molar-refractivity contribution is 5.94. The molecule has 0 amide bonds. The Balaban J connectivity index is 1.81. The molecule has 0 unspecified atom stereocenters. The van der Waals surface area contributed by atoms with E-state index >= 15 is 0 Å². The molecule has 1 aliphatic heterocycles. The topological polar surface area (TPSA) is 53.1 Å². The number of rotatable bonds is 2. The number of nitrogens with zero attached hydrogens (tertiary/aromatic N) is 3. The molecule has 1 saturated heterocycles. The van der Waals surface area contributed by atoms with Crippen molar-refractivity contribution in [2.45, 2.75) is 19.8 Å². The Labute approximate surface area is 141 Å². The van der Waals surface area contributed by atoms with Crippen LogP contribution in [-0.4, -0.2) is 18.1 Å². The molecule has 0 aliphatic carbocycles. The van der Waals surface area contributed by atoms with Crippen LogP contribution >= 0.6 is 0 Å². The molecule has 3 aromatic rings. The highest BCUT2D eigenvalue weighted by Crippen LogP contribution is 2.34. The van der Waals surface area contributed by atoms with Gasteiger partial charge in [0.05, 0.1) is 0 Å². The Bertz CT molecular complexity index is 917. The van der Waals surface area contributed by atoms with Crippen molar-refractivity contribution >= 4 is 16.7 Å². The van der Waals surface area contributed by atoms with Crippen LogP contribution in [0.2, 0.25) is 0 Å². The fourth-order valence-corrected chi connectivity index (χ4v) is 3.50. The molecule has 0 saturated carbocycles. The van der Waals surface area contributed by atoms with Crippen LogP contribution in [0, 0.1) is 17.2 Å². The van der Waals surface area contributed by atoms with Crippen molar-refractivity contribution in [1.82, 2.24) is 4.98 Å². The number of oxazole rings is 1. The van der Waals surface area contributed by atoms with E-state index in [1.165, 1.54) is 6.42 Å². The zero-order chi connectivity index (χ0) is 16.5. The lowest BCUT2D eigenvalue weighted by Gasteiger charge is -2.30. The van der Waals surface area contributed by atoms with Gasteiger partial charge in [-0.05, 0) is 35.6 Å². The lowest BCUT2D eigenvalue weighted by Crippen LogP contribution is -2.34. The molecule has 1 atom stereocenters. The zero-order valence-electron chi connectivity index (χ0n) is 13.7. The highest BCUT2D eigenvalue weighted by Gasteiger charge is 2.25. The van der Waals surface area contributed by atoms with Gasteiger partial charge in [0.25, 0.3) is 0 Å². The molecule has 0 bridgehead atoms. The van der Waals surface area contributed by atoms with Gasteiger partial charge in [-0.2, -0.15) is 10.2 Å². The molecule has 24 heavy (non-hydrogen) atoms. The van der Waals surface area contributed by atoms with Gasteiger partial charge in [-0.3, -0.25) is 0 Å². The van der Waals surface area contributed by atoms with Gasteiger partial charge in [0, 0.05) is 18.7 Å². The fourth-order valence-electron chi connectivity index (χ4n) is 3.50. The minimum absolute atomic E-state index is 0.382. The third-order valence-electron chi connectivity index (χ3n) is 4.68. The van der Waals surface area contributed by atoms with Crippen molar-refractivity contribution in [3.05, 3.63) is 48.2 Å². The predicted molar refractivity (Wildman–Crippen MR) is 94.8 cm³/mol. The highest BCUT2D eigenvalue weighted by atomic mass is 16.4. The summed E-state index contributed by atoms with van der Waals surface area (Å²) in [6, 6.07) is 16.4. The number of piperidine rings is 1. The summed E-state index contributed by atoms with van der Waals surface area (Å²) in [5.74, 6) is 1.75. The second kappa shape index (κ2) is 6.01. The number of anilines is 1. The molecule has 1 fully saturated rings. The quantitative estimate of drug-likeness (QED) is 0.693. The van der Waals surface area contributed by atoms with Gasteiger partial charge in [0.1, 0.15) is 6.07 Å². The maximum absolute atomic E-state index is 9.49. The fraction of sp³-hybridized carbons (Fsp3) is 0.300. The van der Waals surface area contributed by atoms with E-state index in [4.69, 9.17) is 4.42 Å². The second-order valence-corrected chi connectivity index (χ2v) is 6.50. The first-order valence-corrected chi connectivity index (χ1v) is 8.40. The van der Waals surface area contributed by atoms with Crippen LogP contribution in [0.15, 0.2) is 46.9 Å². The van der Waals surface area contributed by atoms with Gasteiger partial charge in [-0.25, -0.2) is 0 Å². The maximum atomic E-state index is 9.49. The predicted octanol–water partition coefficient (Wildman–Crippen LogP) is 4.60. The van der Waals surface area contributed by atoms with Crippen molar-refractivity contribution in [1.29, 1.82) is 5.26 Å². The number of nitriles is 1. The zero-order valence-corrected chi connectivity index (χ0v) is 13.7. The Morgan fingerprint density at radius 2 is 2.04 bits per heavy atom. The summed E-state index contributed by atoms with van der Waals surface area (Å²) in [6.45, 7) is 4.07. The van der Waals surface area contributed by atoms with Crippen molar-refractivity contribution < 1.29 is 4.42 Å². The molecule has 1 aromatic heterocycles. The molecular weight excluding hydrogens is 298 g/mol.